The maximum atomic E-state index is 9.95. The molecule has 2 aromatic carbocycles. The summed E-state index contributed by atoms with van der Waals surface area (Å²) in [5.74, 6) is 1.90. The van der Waals surface area contributed by atoms with E-state index in [4.69, 9.17) is 18.7 Å². The highest BCUT2D eigenvalue weighted by Crippen LogP contribution is 2.43. The van der Waals surface area contributed by atoms with Crippen molar-refractivity contribution >= 4 is 15.9 Å². The maximum Gasteiger partial charge on any atom is 0.203 e. The van der Waals surface area contributed by atoms with Crippen molar-refractivity contribution in [3.05, 3.63) is 46.4 Å². The predicted octanol–water partition coefficient (Wildman–Crippen LogP) is 4.29. The lowest BCUT2D eigenvalue weighted by atomic mass is 10.0. The Balaban J connectivity index is 2.18. The normalized spacial score (nSPS) is 10.7. The fourth-order valence-electron chi connectivity index (χ4n) is 2.76. The summed E-state index contributed by atoms with van der Waals surface area (Å²) in [5.41, 5.74) is 2.64. The van der Waals surface area contributed by atoms with Gasteiger partial charge in [-0.15, -0.1) is 0 Å². The van der Waals surface area contributed by atoms with Crippen LogP contribution in [0.2, 0.25) is 0 Å². The molecule has 7 heteroatoms. The molecule has 3 aromatic rings. The van der Waals surface area contributed by atoms with Crippen LogP contribution in [0, 0.1) is 0 Å². The van der Waals surface area contributed by atoms with Gasteiger partial charge in [-0.05, 0) is 18.2 Å². The molecular weight excluding hydrogens is 402 g/mol. The Morgan fingerprint density at radius 2 is 1.69 bits per heavy atom. The second-order valence-corrected chi connectivity index (χ2v) is 6.25. The fourth-order valence-corrected chi connectivity index (χ4v) is 3.23. The van der Waals surface area contributed by atoms with E-state index in [0.717, 1.165) is 10.0 Å². The Hall–Kier alpha value is -2.51. The number of hydrogen-bond donors (Lipinski definition) is 1. The van der Waals surface area contributed by atoms with Crippen molar-refractivity contribution < 1.29 is 23.8 Å². The highest BCUT2D eigenvalue weighted by atomic mass is 79.9. The number of rotatable bonds is 6. The van der Waals surface area contributed by atoms with Crippen LogP contribution in [0.4, 0.5) is 0 Å². The summed E-state index contributed by atoms with van der Waals surface area (Å²) in [7, 11) is 4.63. The smallest absolute Gasteiger partial charge is 0.203 e. The topological polar surface area (TPSA) is 74.0 Å². The molecule has 1 N–H and O–H groups in total. The predicted molar refractivity (Wildman–Crippen MR) is 101 cm³/mol. The third kappa shape index (κ3) is 3.15. The molecule has 6 nitrogen and oxygen atoms in total. The number of nitrogens with zero attached hydrogens (tertiary/aromatic N) is 1. The summed E-state index contributed by atoms with van der Waals surface area (Å²) in [4.78, 5) is 0. The summed E-state index contributed by atoms with van der Waals surface area (Å²) in [5, 5.41) is 14.1. The monoisotopic (exact) mass is 419 g/mol. The van der Waals surface area contributed by atoms with E-state index in [1.165, 1.54) is 0 Å². The first-order valence-electron chi connectivity index (χ1n) is 7.79. The molecule has 1 aromatic heterocycles. The van der Waals surface area contributed by atoms with Gasteiger partial charge in [-0.3, -0.25) is 0 Å². The lowest BCUT2D eigenvalue weighted by Crippen LogP contribution is -1.96. The molecule has 0 radical (unpaired) electrons. The number of hydrogen-bond acceptors (Lipinski definition) is 6. The Bertz CT molecular complexity index is 897. The van der Waals surface area contributed by atoms with E-state index in [1.54, 1.807) is 33.5 Å². The first kappa shape index (κ1) is 18.3. The van der Waals surface area contributed by atoms with E-state index < -0.39 is 0 Å². The Morgan fingerprint density at radius 1 is 1.04 bits per heavy atom. The molecule has 1 heterocycles. The van der Waals surface area contributed by atoms with Gasteiger partial charge < -0.3 is 23.8 Å². The zero-order valence-corrected chi connectivity index (χ0v) is 16.2. The van der Waals surface area contributed by atoms with Gasteiger partial charge in [-0.1, -0.05) is 39.3 Å². The zero-order valence-electron chi connectivity index (χ0n) is 14.6. The summed E-state index contributed by atoms with van der Waals surface area (Å²) in [6, 6.07) is 11.1. The molecular formula is C19H18BrNO5. The third-order valence-corrected chi connectivity index (χ3v) is 4.69. The van der Waals surface area contributed by atoms with Crippen LogP contribution < -0.4 is 14.2 Å². The molecule has 26 heavy (non-hydrogen) atoms. The Labute approximate surface area is 159 Å². The first-order chi connectivity index (χ1) is 12.6. The SMILES string of the molecule is COc1cc(-c2onc(-c3ccccc3Br)c2CO)cc(OC)c1OC. The molecule has 0 aliphatic heterocycles. The van der Waals surface area contributed by atoms with Crippen LogP contribution in [0.15, 0.2) is 45.4 Å². The van der Waals surface area contributed by atoms with Crippen LogP contribution in [-0.4, -0.2) is 31.6 Å². The standard InChI is InChI=1S/C19H18BrNO5/c1-23-15-8-11(9-16(24-2)19(15)25-3)18-13(10-22)17(21-26-18)12-6-4-5-7-14(12)20/h4-9,22H,10H2,1-3H3. The van der Waals surface area contributed by atoms with Crippen molar-refractivity contribution in [2.75, 3.05) is 21.3 Å². The number of benzene rings is 2. The highest BCUT2D eigenvalue weighted by molar-refractivity contribution is 9.10. The molecule has 0 aliphatic carbocycles. The molecule has 0 atom stereocenters. The summed E-state index contributed by atoms with van der Waals surface area (Å²) < 4.78 is 22.6. The van der Waals surface area contributed by atoms with E-state index >= 15 is 0 Å². The van der Waals surface area contributed by atoms with E-state index in [1.807, 2.05) is 24.3 Å². The van der Waals surface area contributed by atoms with Crippen LogP contribution in [0.25, 0.3) is 22.6 Å². The number of aliphatic hydroxyl groups is 1. The average molecular weight is 420 g/mol. The van der Waals surface area contributed by atoms with Crippen LogP contribution in [-0.2, 0) is 6.61 Å². The van der Waals surface area contributed by atoms with Gasteiger partial charge in [0.25, 0.3) is 0 Å². The first-order valence-corrected chi connectivity index (χ1v) is 8.58. The maximum absolute atomic E-state index is 9.95. The minimum Gasteiger partial charge on any atom is -0.493 e. The molecule has 0 saturated heterocycles. The van der Waals surface area contributed by atoms with Crippen LogP contribution >= 0.6 is 15.9 Å². The number of aliphatic hydroxyl groups excluding tert-OH is 1. The van der Waals surface area contributed by atoms with Crippen LogP contribution in [0.1, 0.15) is 5.56 Å². The summed E-state index contributed by atoms with van der Waals surface area (Å²) in [6.07, 6.45) is 0. The second-order valence-electron chi connectivity index (χ2n) is 5.39. The van der Waals surface area contributed by atoms with Crippen molar-refractivity contribution in [1.29, 1.82) is 0 Å². The van der Waals surface area contributed by atoms with E-state index in [9.17, 15) is 5.11 Å². The quantitative estimate of drug-likeness (QED) is 0.642. The van der Waals surface area contributed by atoms with Gasteiger partial charge in [0.1, 0.15) is 5.69 Å². The Morgan fingerprint density at radius 3 is 2.23 bits per heavy atom. The summed E-state index contributed by atoms with van der Waals surface area (Å²) >= 11 is 3.51. The molecule has 0 saturated carbocycles. The molecule has 0 spiro atoms. The Kier molecular flexibility index (Phi) is 5.49. The number of ether oxygens (including phenoxy) is 3. The summed E-state index contributed by atoms with van der Waals surface area (Å²) in [6.45, 7) is -0.230. The van der Waals surface area contributed by atoms with Crippen molar-refractivity contribution in [2.45, 2.75) is 6.61 Å². The van der Waals surface area contributed by atoms with Gasteiger partial charge in [-0.2, -0.15) is 0 Å². The average Bonchev–Trinajstić information content (AvgIpc) is 3.10. The van der Waals surface area contributed by atoms with E-state index in [0.29, 0.717) is 39.8 Å². The van der Waals surface area contributed by atoms with Gasteiger partial charge in [-0.25, -0.2) is 0 Å². The molecule has 136 valence electrons. The van der Waals surface area contributed by atoms with Gasteiger partial charge in [0, 0.05) is 15.6 Å². The molecule has 3 rings (SSSR count). The molecule has 0 fully saturated rings. The largest absolute Gasteiger partial charge is 0.493 e. The molecule has 0 aliphatic rings. The van der Waals surface area contributed by atoms with E-state index in [2.05, 4.69) is 21.1 Å². The number of methoxy groups -OCH3 is 3. The molecule has 0 unspecified atom stereocenters. The van der Waals surface area contributed by atoms with Crippen molar-refractivity contribution in [3.63, 3.8) is 0 Å². The molecule has 0 amide bonds. The minimum absolute atomic E-state index is 0.230. The van der Waals surface area contributed by atoms with Crippen molar-refractivity contribution in [2.24, 2.45) is 0 Å². The van der Waals surface area contributed by atoms with Gasteiger partial charge >= 0.3 is 0 Å². The van der Waals surface area contributed by atoms with Crippen LogP contribution in [0.3, 0.4) is 0 Å². The van der Waals surface area contributed by atoms with Gasteiger partial charge in [0.2, 0.25) is 5.75 Å². The number of aromatic nitrogens is 1. The zero-order chi connectivity index (χ0) is 18.7. The fraction of sp³-hybridized carbons (Fsp3) is 0.211. The van der Waals surface area contributed by atoms with Crippen molar-refractivity contribution in [3.8, 4) is 39.8 Å². The number of halogens is 1. The lowest BCUT2D eigenvalue weighted by Gasteiger charge is -2.13. The van der Waals surface area contributed by atoms with Gasteiger partial charge in [0.05, 0.1) is 33.5 Å². The van der Waals surface area contributed by atoms with E-state index in [-0.39, 0.29) is 6.61 Å². The minimum atomic E-state index is -0.230. The van der Waals surface area contributed by atoms with Crippen molar-refractivity contribution in [1.82, 2.24) is 5.16 Å². The second kappa shape index (κ2) is 7.80. The molecule has 0 bridgehead atoms. The third-order valence-electron chi connectivity index (χ3n) is 4.00. The highest BCUT2D eigenvalue weighted by Gasteiger charge is 2.23. The van der Waals surface area contributed by atoms with Crippen LogP contribution in [0.5, 0.6) is 17.2 Å². The lowest BCUT2D eigenvalue weighted by molar-refractivity contribution is 0.281. The van der Waals surface area contributed by atoms with Gasteiger partial charge in [0.15, 0.2) is 17.3 Å².